The Morgan fingerprint density at radius 3 is 2.30 bits per heavy atom. The van der Waals surface area contributed by atoms with Gasteiger partial charge in [0.1, 0.15) is 5.60 Å². The third-order valence-electron chi connectivity index (χ3n) is 3.38. The van der Waals surface area contributed by atoms with Crippen LogP contribution in [0.4, 0.5) is 4.79 Å². The molecular weight excluding hydrogens is 292 g/mol. The van der Waals surface area contributed by atoms with Gasteiger partial charge in [0.25, 0.3) is 0 Å². The fourth-order valence-electron chi connectivity index (χ4n) is 2.16. The number of ether oxygens (including phenoxy) is 2. The lowest BCUT2D eigenvalue weighted by Crippen LogP contribution is -2.34. The van der Waals surface area contributed by atoms with Crippen LogP contribution in [0.25, 0.3) is 0 Å². The number of hydrogen-bond donors (Lipinski definition) is 2. The van der Waals surface area contributed by atoms with Gasteiger partial charge in [0, 0.05) is 26.2 Å². The number of methoxy groups -OCH3 is 1. The number of alkyl carbamates (subject to hydrolysis) is 1. The van der Waals surface area contributed by atoms with Crippen molar-refractivity contribution in [3.63, 3.8) is 0 Å². The Morgan fingerprint density at radius 2 is 1.78 bits per heavy atom. The van der Waals surface area contributed by atoms with Crippen LogP contribution in [0.1, 0.15) is 45.2 Å². The fourth-order valence-corrected chi connectivity index (χ4v) is 2.16. The molecule has 1 atom stereocenters. The van der Waals surface area contributed by atoms with Crippen molar-refractivity contribution in [3.05, 3.63) is 35.4 Å². The summed E-state index contributed by atoms with van der Waals surface area (Å²) in [6.07, 6.45) is 0.609. The van der Waals surface area contributed by atoms with Crippen LogP contribution >= 0.6 is 0 Å². The SMILES string of the molecule is CCC(COC)NCc1ccccc1CNC(=O)OC(C)(C)C. The van der Waals surface area contributed by atoms with Crippen LogP contribution in [-0.2, 0) is 22.6 Å². The van der Waals surface area contributed by atoms with Crippen molar-refractivity contribution in [2.75, 3.05) is 13.7 Å². The standard InChI is InChI=1S/C18H30N2O3/c1-6-16(13-22-5)19-11-14-9-7-8-10-15(14)12-20-17(21)23-18(2,3)4/h7-10,16,19H,6,11-13H2,1-5H3,(H,20,21). The van der Waals surface area contributed by atoms with Gasteiger partial charge in [-0.2, -0.15) is 0 Å². The van der Waals surface area contributed by atoms with E-state index in [0.29, 0.717) is 19.2 Å². The Labute approximate surface area is 139 Å². The molecular formula is C18H30N2O3. The molecule has 0 aromatic heterocycles. The van der Waals surface area contributed by atoms with Crippen LogP contribution in [0.15, 0.2) is 24.3 Å². The van der Waals surface area contributed by atoms with Gasteiger partial charge in [-0.15, -0.1) is 0 Å². The van der Waals surface area contributed by atoms with Gasteiger partial charge in [-0.05, 0) is 38.3 Å². The molecule has 130 valence electrons. The zero-order valence-electron chi connectivity index (χ0n) is 14.9. The van der Waals surface area contributed by atoms with Crippen molar-refractivity contribution in [1.29, 1.82) is 0 Å². The molecule has 0 aliphatic rings. The van der Waals surface area contributed by atoms with Crippen molar-refractivity contribution < 1.29 is 14.3 Å². The summed E-state index contributed by atoms with van der Waals surface area (Å²) in [6, 6.07) is 8.39. The molecule has 0 bridgehead atoms. The first-order chi connectivity index (χ1) is 10.9. The molecule has 1 unspecified atom stereocenters. The Kier molecular flexibility index (Phi) is 8.06. The van der Waals surface area contributed by atoms with Crippen LogP contribution < -0.4 is 10.6 Å². The van der Waals surface area contributed by atoms with Gasteiger partial charge in [-0.25, -0.2) is 4.79 Å². The summed E-state index contributed by atoms with van der Waals surface area (Å²) < 4.78 is 10.5. The number of amides is 1. The van der Waals surface area contributed by atoms with Gasteiger partial charge in [0.15, 0.2) is 0 Å². The van der Waals surface area contributed by atoms with Crippen LogP contribution in [0.5, 0.6) is 0 Å². The molecule has 0 saturated heterocycles. The van der Waals surface area contributed by atoms with Crippen molar-refractivity contribution in [3.8, 4) is 0 Å². The molecule has 0 saturated carbocycles. The van der Waals surface area contributed by atoms with Gasteiger partial charge in [0.2, 0.25) is 0 Å². The number of nitrogens with one attached hydrogen (secondary N) is 2. The fraction of sp³-hybridized carbons (Fsp3) is 0.611. The average molecular weight is 322 g/mol. The van der Waals surface area contributed by atoms with Crippen LogP contribution in [0.2, 0.25) is 0 Å². The minimum atomic E-state index is -0.486. The summed E-state index contributed by atoms with van der Waals surface area (Å²) in [5.41, 5.74) is 1.76. The summed E-state index contributed by atoms with van der Waals surface area (Å²) in [5.74, 6) is 0. The number of rotatable bonds is 8. The van der Waals surface area contributed by atoms with E-state index in [1.165, 1.54) is 0 Å². The Hall–Kier alpha value is -1.59. The maximum Gasteiger partial charge on any atom is 0.407 e. The third kappa shape index (κ3) is 8.00. The smallest absolute Gasteiger partial charge is 0.407 e. The predicted molar refractivity (Wildman–Crippen MR) is 92.3 cm³/mol. The number of benzene rings is 1. The van der Waals surface area contributed by atoms with Gasteiger partial charge in [-0.1, -0.05) is 31.2 Å². The highest BCUT2D eigenvalue weighted by atomic mass is 16.6. The number of carbonyl (C=O) groups excluding carboxylic acids is 1. The summed E-state index contributed by atoms with van der Waals surface area (Å²) in [4.78, 5) is 11.8. The molecule has 23 heavy (non-hydrogen) atoms. The van der Waals surface area contributed by atoms with Crippen molar-refractivity contribution in [1.82, 2.24) is 10.6 Å². The topological polar surface area (TPSA) is 59.6 Å². The summed E-state index contributed by atoms with van der Waals surface area (Å²) in [5, 5.41) is 6.29. The van der Waals surface area contributed by atoms with E-state index >= 15 is 0 Å². The normalized spacial score (nSPS) is 12.7. The molecule has 1 rings (SSSR count). The van der Waals surface area contributed by atoms with Crippen LogP contribution in [0.3, 0.4) is 0 Å². The second-order valence-electron chi connectivity index (χ2n) is 6.57. The minimum absolute atomic E-state index is 0.326. The van der Waals surface area contributed by atoms with E-state index in [1.54, 1.807) is 7.11 Å². The molecule has 0 aliphatic carbocycles. The van der Waals surface area contributed by atoms with Crippen molar-refractivity contribution in [2.24, 2.45) is 0 Å². The van der Waals surface area contributed by atoms with E-state index in [0.717, 1.165) is 24.1 Å². The van der Waals surface area contributed by atoms with Crippen LogP contribution in [-0.4, -0.2) is 31.5 Å². The lowest BCUT2D eigenvalue weighted by Gasteiger charge is -2.20. The van der Waals surface area contributed by atoms with E-state index in [2.05, 4.69) is 23.6 Å². The van der Waals surface area contributed by atoms with E-state index in [4.69, 9.17) is 9.47 Å². The molecule has 1 aromatic carbocycles. The van der Waals surface area contributed by atoms with E-state index in [9.17, 15) is 4.79 Å². The first-order valence-corrected chi connectivity index (χ1v) is 8.11. The number of hydrogen-bond acceptors (Lipinski definition) is 4. The Morgan fingerprint density at radius 1 is 1.17 bits per heavy atom. The Balaban J connectivity index is 2.58. The first-order valence-electron chi connectivity index (χ1n) is 8.11. The van der Waals surface area contributed by atoms with Crippen molar-refractivity contribution >= 4 is 6.09 Å². The van der Waals surface area contributed by atoms with E-state index in [1.807, 2.05) is 39.0 Å². The second kappa shape index (κ2) is 9.53. The number of carbonyl (C=O) groups is 1. The maximum absolute atomic E-state index is 11.8. The minimum Gasteiger partial charge on any atom is -0.444 e. The summed E-state index contributed by atoms with van der Waals surface area (Å²) in [6.45, 7) is 9.57. The van der Waals surface area contributed by atoms with E-state index in [-0.39, 0.29) is 0 Å². The van der Waals surface area contributed by atoms with Gasteiger partial charge < -0.3 is 20.1 Å². The molecule has 0 radical (unpaired) electrons. The molecule has 1 aromatic rings. The average Bonchev–Trinajstić information content (AvgIpc) is 2.48. The monoisotopic (exact) mass is 322 g/mol. The third-order valence-corrected chi connectivity index (χ3v) is 3.38. The highest BCUT2D eigenvalue weighted by Gasteiger charge is 2.16. The molecule has 2 N–H and O–H groups in total. The zero-order valence-corrected chi connectivity index (χ0v) is 14.9. The largest absolute Gasteiger partial charge is 0.444 e. The highest BCUT2D eigenvalue weighted by molar-refractivity contribution is 5.67. The summed E-state index contributed by atoms with van der Waals surface area (Å²) >= 11 is 0. The first kappa shape index (κ1) is 19.5. The van der Waals surface area contributed by atoms with E-state index < -0.39 is 11.7 Å². The predicted octanol–water partition coefficient (Wildman–Crippen LogP) is 3.23. The molecule has 0 fully saturated rings. The second-order valence-corrected chi connectivity index (χ2v) is 6.57. The molecule has 5 heteroatoms. The molecule has 1 amide bonds. The Bertz CT molecular complexity index is 483. The molecule has 0 aliphatic heterocycles. The summed E-state index contributed by atoms with van der Waals surface area (Å²) in [7, 11) is 1.71. The molecule has 5 nitrogen and oxygen atoms in total. The lowest BCUT2D eigenvalue weighted by molar-refractivity contribution is 0.0523. The van der Waals surface area contributed by atoms with Gasteiger partial charge >= 0.3 is 6.09 Å². The molecule has 0 heterocycles. The van der Waals surface area contributed by atoms with Gasteiger partial charge in [0.05, 0.1) is 6.61 Å². The lowest BCUT2D eigenvalue weighted by atomic mass is 10.1. The van der Waals surface area contributed by atoms with Gasteiger partial charge in [-0.3, -0.25) is 0 Å². The quantitative estimate of drug-likeness (QED) is 0.771. The highest BCUT2D eigenvalue weighted by Crippen LogP contribution is 2.11. The van der Waals surface area contributed by atoms with Crippen LogP contribution in [0, 0.1) is 0 Å². The molecule has 0 spiro atoms. The zero-order chi connectivity index (χ0) is 17.3. The maximum atomic E-state index is 11.8. The van der Waals surface area contributed by atoms with Crippen molar-refractivity contribution in [2.45, 2.75) is 58.8 Å².